The Kier molecular flexibility index (Phi) is 6.08. The first kappa shape index (κ1) is 19.4. The van der Waals surface area contributed by atoms with Crippen LogP contribution in [0.4, 0.5) is 0 Å². The van der Waals surface area contributed by atoms with Crippen LogP contribution < -0.4 is 24.3 Å². The Balaban J connectivity index is 1.33. The molecule has 0 amide bonds. The second-order valence-corrected chi connectivity index (χ2v) is 7.22. The number of methoxy groups -OCH3 is 1. The minimum atomic E-state index is 0.300. The summed E-state index contributed by atoms with van der Waals surface area (Å²) >= 11 is 5.92. The van der Waals surface area contributed by atoms with Crippen LogP contribution in [-0.2, 0) is 19.7 Å². The summed E-state index contributed by atoms with van der Waals surface area (Å²) in [5, 5.41) is 2.95. The number of nitrogens with two attached hydrogens (primary N) is 1. The van der Waals surface area contributed by atoms with E-state index in [0.29, 0.717) is 18.4 Å². The maximum absolute atomic E-state index is 5.92. The third-order valence-electron chi connectivity index (χ3n) is 4.73. The summed E-state index contributed by atoms with van der Waals surface area (Å²) in [6.45, 7) is 2.45. The van der Waals surface area contributed by atoms with E-state index in [9.17, 15) is 0 Å². The fourth-order valence-corrected chi connectivity index (χ4v) is 3.30. The van der Waals surface area contributed by atoms with E-state index in [1.54, 1.807) is 7.11 Å². The van der Waals surface area contributed by atoms with Gasteiger partial charge in [-0.3, -0.25) is 0 Å². The van der Waals surface area contributed by atoms with Crippen molar-refractivity contribution in [2.45, 2.75) is 19.7 Å². The number of rotatable bonds is 8. The normalized spacial score (nSPS) is 12.1. The van der Waals surface area contributed by atoms with Gasteiger partial charge in [-0.25, -0.2) is 0 Å². The monoisotopic (exact) mass is 412 g/mol. The van der Waals surface area contributed by atoms with Gasteiger partial charge in [0.2, 0.25) is 6.79 Å². The molecule has 5 nitrogen and oxygen atoms in total. The van der Waals surface area contributed by atoms with Gasteiger partial charge in [0.05, 0.1) is 7.11 Å². The predicted octanol–water partition coefficient (Wildman–Crippen LogP) is 3.92. The van der Waals surface area contributed by atoms with Crippen molar-refractivity contribution in [1.29, 1.82) is 0 Å². The smallest absolute Gasteiger partial charge is 0.231 e. The van der Waals surface area contributed by atoms with Crippen molar-refractivity contribution in [3.05, 3.63) is 82.4 Å². The average Bonchev–Trinajstić information content (AvgIpc) is 3.22. The highest BCUT2D eigenvalue weighted by Crippen LogP contribution is 2.32. The molecule has 29 heavy (non-hydrogen) atoms. The van der Waals surface area contributed by atoms with Crippen molar-refractivity contribution >= 4 is 11.6 Å². The first-order valence-electron chi connectivity index (χ1n) is 9.45. The Hall–Kier alpha value is -2.89. The molecule has 1 aliphatic heterocycles. The fourth-order valence-electron chi connectivity index (χ4n) is 3.17. The van der Waals surface area contributed by atoms with Gasteiger partial charge in [0.25, 0.3) is 0 Å². The Morgan fingerprint density at radius 3 is 2.31 bits per heavy atom. The van der Waals surface area contributed by atoms with E-state index in [0.717, 1.165) is 41.7 Å². The van der Waals surface area contributed by atoms with Gasteiger partial charge in [-0.1, -0.05) is 23.7 Å². The molecule has 0 fully saturated rings. The molecule has 0 radical (unpaired) electrons. The van der Waals surface area contributed by atoms with E-state index in [1.165, 1.54) is 11.1 Å². The lowest BCUT2D eigenvalue weighted by molar-refractivity contribution is -0.686. The van der Waals surface area contributed by atoms with E-state index >= 15 is 0 Å². The zero-order valence-corrected chi connectivity index (χ0v) is 16.9. The molecular weight excluding hydrogens is 390 g/mol. The van der Waals surface area contributed by atoms with Gasteiger partial charge >= 0.3 is 0 Å². The molecule has 0 saturated heterocycles. The molecule has 0 atom stereocenters. The lowest BCUT2D eigenvalue weighted by Gasteiger charge is -2.12. The zero-order chi connectivity index (χ0) is 20.1. The molecule has 150 valence electrons. The van der Waals surface area contributed by atoms with Crippen LogP contribution in [0.5, 0.6) is 23.0 Å². The number of benzene rings is 3. The Labute approximate surface area is 175 Å². The van der Waals surface area contributed by atoms with Crippen molar-refractivity contribution in [1.82, 2.24) is 0 Å². The molecule has 0 saturated carbocycles. The maximum atomic E-state index is 5.92. The van der Waals surface area contributed by atoms with E-state index in [1.807, 2.05) is 48.5 Å². The highest BCUT2D eigenvalue weighted by Gasteiger charge is 2.14. The van der Waals surface area contributed by atoms with Crippen LogP contribution in [-0.4, -0.2) is 13.9 Å². The number of ether oxygens (including phenoxy) is 4. The van der Waals surface area contributed by atoms with Crippen LogP contribution >= 0.6 is 11.6 Å². The molecule has 0 aromatic heterocycles. The Bertz CT molecular complexity index is 975. The third kappa shape index (κ3) is 4.94. The van der Waals surface area contributed by atoms with Gasteiger partial charge in [0, 0.05) is 16.1 Å². The average molecular weight is 413 g/mol. The van der Waals surface area contributed by atoms with Gasteiger partial charge in [0.15, 0.2) is 23.0 Å². The molecule has 1 heterocycles. The SMILES string of the molecule is COc1cc(C[NH2+]Cc2ccc3c(c2)OCO3)ccc1OCc1ccc(Cl)cc1. The summed E-state index contributed by atoms with van der Waals surface area (Å²) in [5.41, 5.74) is 3.42. The number of hydrogen-bond donors (Lipinski definition) is 1. The number of fused-ring (bicyclic) bond motifs is 1. The molecule has 6 heteroatoms. The summed E-state index contributed by atoms with van der Waals surface area (Å²) in [6.07, 6.45) is 0. The largest absolute Gasteiger partial charge is 0.493 e. The van der Waals surface area contributed by atoms with E-state index in [4.69, 9.17) is 30.5 Å². The van der Waals surface area contributed by atoms with Crippen LogP contribution in [0.3, 0.4) is 0 Å². The molecule has 0 aliphatic carbocycles. The summed E-state index contributed by atoms with van der Waals surface area (Å²) < 4.78 is 22.2. The van der Waals surface area contributed by atoms with Crippen LogP contribution in [0.25, 0.3) is 0 Å². The van der Waals surface area contributed by atoms with Crippen LogP contribution in [0.15, 0.2) is 60.7 Å². The lowest BCUT2D eigenvalue weighted by atomic mass is 10.1. The minimum Gasteiger partial charge on any atom is -0.493 e. The van der Waals surface area contributed by atoms with Crippen LogP contribution in [0.1, 0.15) is 16.7 Å². The molecule has 0 bridgehead atoms. The van der Waals surface area contributed by atoms with Gasteiger partial charge < -0.3 is 24.3 Å². The number of halogens is 1. The topological polar surface area (TPSA) is 53.5 Å². The number of quaternary nitrogens is 1. The molecule has 2 N–H and O–H groups in total. The molecule has 1 aliphatic rings. The first-order chi connectivity index (χ1) is 14.2. The second-order valence-electron chi connectivity index (χ2n) is 6.78. The zero-order valence-electron chi connectivity index (χ0n) is 16.2. The molecular formula is C23H23ClNO4+. The molecule has 3 aromatic carbocycles. The van der Waals surface area contributed by atoms with Crippen molar-refractivity contribution in [2.24, 2.45) is 0 Å². The Morgan fingerprint density at radius 2 is 1.52 bits per heavy atom. The van der Waals surface area contributed by atoms with Crippen LogP contribution in [0, 0.1) is 0 Å². The summed E-state index contributed by atoms with van der Waals surface area (Å²) in [5.74, 6) is 3.09. The third-order valence-corrected chi connectivity index (χ3v) is 4.98. The lowest BCUT2D eigenvalue weighted by Crippen LogP contribution is -2.80. The summed E-state index contributed by atoms with van der Waals surface area (Å²) in [4.78, 5) is 0. The second kappa shape index (κ2) is 9.07. The standard InChI is InChI=1S/C23H22ClNO4/c1-26-22-10-17(4-8-20(22)27-14-16-2-6-19(24)7-3-16)12-25-13-18-5-9-21-23(11-18)29-15-28-21/h2-11,25H,12-15H2,1H3/p+1. The highest BCUT2D eigenvalue weighted by atomic mass is 35.5. The van der Waals surface area contributed by atoms with E-state index < -0.39 is 0 Å². The van der Waals surface area contributed by atoms with Gasteiger partial charge in [0.1, 0.15) is 19.7 Å². The highest BCUT2D eigenvalue weighted by molar-refractivity contribution is 6.30. The molecule has 0 unspecified atom stereocenters. The van der Waals surface area contributed by atoms with Crippen molar-refractivity contribution in [3.63, 3.8) is 0 Å². The van der Waals surface area contributed by atoms with Crippen molar-refractivity contribution < 1.29 is 24.3 Å². The van der Waals surface area contributed by atoms with E-state index in [2.05, 4.69) is 17.4 Å². The fraction of sp³-hybridized carbons (Fsp3) is 0.217. The van der Waals surface area contributed by atoms with E-state index in [-0.39, 0.29) is 0 Å². The first-order valence-corrected chi connectivity index (χ1v) is 9.83. The van der Waals surface area contributed by atoms with Crippen molar-refractivity contribution in [3.8, 4) is 23.0 Å². The molecule has 4 rings (SSSR count). The van der Waals surface area contributed by atoms with Gasteiger partial charge in [-0.05, 0) is 54.1 Å². The maximum Gasteiger partial charge on any atom is 0.231 e. The molecule has 0 spiro atoms. The molecule has 3 aromatic rings. The summed E-state index contributed by atoms with van der Waals surface area (Å²) in [7, 11) is 1.66. The number of hydrogen-bond acceptors (Lipinski definition) is 4. The minimum absolute atomic E-state index is 0.300. The van der Waals surface area contributed by atoms with Gasteiger partial charge in [-0.15, -0.1) is 0 Å². The predicted molar refractivity (Wildman–Crippen MR) is 111 cm³/mol. The Morgan fingerprint density at radius 1 is 0.828 bits per heavy atom. The quantitative estimate of drug-likeness (QED) is 0.609. The summed E-state index contributed by atoms with van der Waals surface area (Å²) in [6, 6.07) is 19.7. The van der Waals surface area contributed by atoms with Crippen molar-refractivity contribution in [2.75, 3.05) is 13.9 Å². The van der Waals surface area contributed by atoms with Gasteiger partial charge in [-0.2, -0.15) is 0 Å². The van der Waals surface area contributed by atoms with Crippen LogP contribution in [0.2, 0.25) is 5.02 Å².